The molecule has 0 aromatic heterocycles. The molecule has 10 atom stereocenters. The molecule has 0 amide bonds. The minimum absolute atomic E-state index is 0.101. The zero-order valence-corrected chi connectivity index (χ0v) is 29.0. The number of aliphatic carboxylic acids is 2. The number of fused-ring (bicyclic) bond motifs is 7. The van der Waals surface area contributed by atoms with Crippen LogP contribution >= 0.6 is 0 Å². The van der Waals surface area contributed by atoms with E-state index in [1.165, 1.54) is 5.57 Å². The summed E-state index contributed by atoms with van der Waals surface area (Å²) < 4.78 is 11.8. The van der Waals surface area contributed by atoms with Gasteiger partial charge < -0.3 is 29.3 Å². The fraction of sp³-hybridized carbons (Fsp3) is 0.842. The molecular formula is C38H56O8-2. The Morgan fingerprint density at radius 1 is 0.717 bits per heavy atom. The second-order valence-electron chi connectivity index (χ2n) is 17.3. The van der Waals surface area contributed by atoms with Crippen LogP contribution in [0, 0.1) is 56.7 Å². The number of esters is 2. The number of carboxylic acids is 2. The minimum atomic E-state index is -1.23. The number of rotatable bonds is 10. The van der Waals surface area contributed by atoms with Gasteiger partial charge in [-0.2, -0.15) is 0 Å². The van der Waals surface area contributed by atoms with Gasteiger partial charge in [0.2, 0.25) is 0 Å². The third-order valence-electron chi connectivity index (χ3n) is 15.0. The first kappa shape index (κ1) is 34.9. The van der Waals surface area contributed by atoms with E-state index in [-0.39, 0.29) is 58.9 Å². The monoisotopic (exact) mass is 640 g/mol. The summed E-state index contributed by atoms with van der Waals surface area (Å²) in [6, 6.07) is 0. The third-order valence-corrected chi connectivity index (χ3v) is 15.0. The number of allylic oxidation sites excluding steroid dienone is 1. The molecule has 5 aliphatic carbocycles. The summed E-state index contributed by atoms with van der Waals surface area (Å²) in [4.78, 5) is 47.0. The molecule has 8 nitrogen and oxygen atoms in total. The molecule has 0 aromatic rings. The topological polar surface area (TPSA) is 133 Å². The molecule has 5 saturated carbocycles. The first-order chi connectivity index (χ1) is 21.4. The Morgan fingerprint density at radius 2 is 1.37 bits per heavy atom. The molecule has 0 N–H and O–H groups in total. The van der Waals surface area contributed by atoms with Gasteiger partial charge in [0.25, 0.3) is 0 Å². The molecule has 0 radical (unpaired) electrons. The van der Waals surface area contributed by atoms with E-state index in [9.17, 15) is 29.4 Å². The molecule has 46 heavy (non-hydrogen) atoms. The van der Waals surface area contributed by atoms with Gasteiger partial charge in [-0.15, -0.1) is 0 Å². The Balaban J connectivity index is 1.38. The van der Waals surface area contributed by atoms with Crippen molar-refractivity contribution in [1.82, 2.24) is 0 Å². The van der Waals surface area contributed by atoms with Gasteiger partial charge in [0.1, 0.15) is 6.10 Å². The van der Waals surface area contributed by atoms with Crippen LogP contribution < -0.4 is 10.2 Å². The van der Waals surface area contributed by atoms with Crippen LogP contribution in [0.3, 0.4) is 0 Å². The largest absolute Gasteiger partial charge is 0.550 e. The summed E-state index contributed by atoms with van der Waals surface area (Å²) >= 11 is 0. The molecule has 8 heteroatoms. The Labute approximate surface area is 275 Å². The molecule has 0 aliphatic heterocycles. The molecule has 5 aliphatic rings. The standard InChI is InChI=1S/C38H58O8/c1-23(2)24-14-19-38(22-45-31(43)12-10-29(39)40)21-20-36(6)25(33(24)38)8-9-27-35(5)17-16-28(46-32(44)13-11-30(41)42)34(3,4)26(35)15-18-37(27,36)7/h24-28,33H,1,8-22H2,2-7H3,(H,39,40)(H,41,42)/p-2. The lowest BCUT2D eigenvalue weighted by molar-refractivity contribution is -0.307. The lowest BCUT2D eigenvalue weighted by Gasteiger charge is -2.73. The van der Waals surface area contributed by atoms with Crippen LogP contribution in [0.1, 0.15) is 131 Å². The second kappa shape index (κ2) is 12.3. The molecule has 5 fully saturated rings. The van der Waals surface area contributed by atoms with Gasteiger partial charge in [-0.3, -0.25) is 9.59 Å². The molecule has 0 heterocycles. The predicted octanol–water partition coefficient (Wildman–Crippen LogP) is 5.16. The molecule has 0 saturated heterocycles. The SMILES string of the molecule is C=C(C)C1CCC2(COC(=O)CCC(=O)[O-])CCC3(C)C(CCC4C5(C)CCC(OC(=O)CCC(=O)[O-])C(C)(C)C5CCC43C)C12. The van der Waals surface area contributed by atoms with Gasteiger partial charge >= 0.3 is 11.9 Å². The van der Waals surface area contributed by atoms with Gasteiger partial charge in [0.15, 0.2) is 0 Å². The van der Waals surface area contributed by atoms with Gasteiger partial charge in [0, 0.05) is 22.8 Å². The van der Waals surface area contributed by atoms with Crippen LogP contribution in [0.15, 0.2) is 12.2 Å². The van der Waals surface area contributed by atoms with E-state index in [0.29, 0.717) is 36.2 Å². The van der Waals surface area contributed by atoms with Gasteiger partial charge in [0.05, 0.1) is 19.4 Å². The van der Waals surface area contributed by atoms with Crippen LogP contribution in [0.25, 0.3) is 0 Å². The smallest absolute Gasteiger partial charge is 0.306 e. The molecule has 5 rings (SSSR count). The first-order valence-electron chi connectivity index (χ1n) is 17.8. The van der Waals surface area contributed by atoms with Crippen molar-refractivity contribution in [3.05, 3.63) is 12.2 Å². The first-order valence-corrected chi connectivity index (χ1v) is 17.8. The van der Waals surface area contributed by atoms with E-state index in [4.69, 9.17) is 9.47 Å². The molecule has 0 bridgehead atoms. The van der Waals surface area contributed by atoms with E-state index < -0.39 is 23.9 Å². The lowest BCUT2D eigenvalue weighted by atomic mass is 9.32. The Bertz CT molecular complexity index is 1250. The zero-order chi connectivity index (χ0) is 33.9. The van der Waals surface area contributed by atoms with Crippen LogP contribution in [0.2, 0.25) is 0 Å². The summed E-state index contributed by atoms with van der Waals surface area (Å²) in [5.74, 6) is -1.17. The zero-order valence-electron chi connectivity index (χ0n) is 29.0. The maximum absolute atomic E-state index is 12.6. The van der Waals surface area contributed by atoms with Crippen LogP contribution in [-0.2, 0) is 28.7 Å². The van der Waals surface area contributed by atoms with Crippen molar-refractivity contribution in [3.8, 4) is 0 Å². The number of carbonyl (C=O) groups is 4. The number of hydrogen-bond acceptors (Lipinski definition) is 8. The third kappa shape index (κ3) is 5.61. The van der Waals surface area contributed by atoms with Crippen molar-refractivity contribution in [2.24, 2.45) is 56.7 Å². The van der Waals surface area contributed by atoms with Crippen LogP contribution in [0.5, 0.6) is 0 Å². The molecule has 0 aromatic carbocycles. The maximum atomic E-state index is 12.6. The van der Waals surface area contributed by atoms with E-state index >= 15 is 0 Å². The van der Waals surface area contributed by atoms with E-state index in [1.807, 2.05) is 0 Å². The molecular weight excluding hydrogens is 584 g/mol. The van der Waals surface area contributed by atoms with Crippen molar-refractivity contribution >= 4 is 23.9 Å². The minimum Gasteiger partial charge on any atom is -0.550 e. The normalized spacial score (nSPS) is 42.4. The Kier molecular flexibility index (Phi) is 9.31. The van der Waals surface area contributed by atoms with E-state index in [0.717, 1.165) is 64.2 Å². The highest BCUT2D eigenvalue weighted by atomic mass is 16.5. The lowest BCUT2D eigenvalue weighted by Crippen LogP contribution is -2.67. The Morgan fingerprint density at radius 3 is 2.00 bits per heavy atom. The van der Waals surface area contributed by atoms with E-state index in [2.05, 4.69) is 48.1 Å². The van der Waals surface area contributed by atoms with E-state index in [1.54, 1.807) is 0 Å². The van der Waals surface area contributed by atoms with Crippen molar-refractivity contribution in [2.75, 3.05) is 6.61 Å². The van der Waals surface area contributed by atoms with Crippen molar-refractivity contribution in [3.63, 3.8) is 0 Å². The van der Waals surface area contributed by atoms with Crippen LogP contribution in [0.4, 0.5) is 0 Å². The van der Waals surface area contributed by atoms with Crippen LogP contribution in [-0.4, -0.2) is 36.6 Å². The summed E-state index contributed by atoms with van der Waals surface area (Å²) in [6.45, 7) is 19.1. The average Bonchev–Trinajstić information content (AvgIpc) is 3.36. The highest BCUT2D eigenvalue weighted by Gasteiger charge is 2.71. The molecule has 258 valence electrons. The average molecular weight is 641 g/mol. The van der Waals surface area contributed by atoms with Crippen molar-refractivity contribution in [2.45, 2.75) is 138 Å². The summed E-state index contributed by atoms with van der Waals surface area (Å²) in [5.41, 5.74) is 1.25. The van der Waals surface area contributed by atoms with Gasteiger partial charge in [-0.25, -0.2) is 0 Å². The number of hydrogen-bond donors (Lipinski definition) is 0. The Hall–Kier alpha value is -2.38. The summed E-state index contributed by atoms with van der Waals surface area (Å²) in [5, 5.41) is 21.8. The second-order valence-corrected chi connectivity index (χ2v) is 17.3. The van der Waals surface area contributed by atoms with Gasteiger partial charge in [-0.05, 0) is 130 Å². The quantitative estimate of drug-likeness (QED) is 0.236. The molecule has 10 unspecified atom stereocenters. The van der Waals surface area contributed by atoms with Crippen molar-refractivity contribution in [1.29, 1.82) is 0 Å². The fourth-order valence-electron chi connectivity index (χ4n) is 12.6. The maximum Gasteiger partial charge on any atom is 0.306 e. The highest BCUT2D eigenvalue weighted by Crippen LogP contribution is 2.77. The number of carbonyl (C=O) groups excluding carboxylic acids is 4. The number of ether oxygens (including phenoxy) is 2. The summed E-state index contributed by atoms with van der Waals surface area (Å²) in [6.07, 6.45) is 9.25. The van der Waals surface area contributed by atoms with Gasteiger partial charge in [-0.1, -0.05) is 46.8 Å². The van der Waals surface area contributed by atoms with Crippen molar-refractivity contribution < 1.29 is 38.9 Å². The highest BCUT2D eigenvalue weighted by molar-refractivity contribution is 5.76. The number of carboxylic acid groups (broad SMARTS) is 2. The predicted molar refractivity (Wildman–Crippen MR) is 168 cm³/mol. The molecule has 0 spiro atoms. The summed E-state index contributed by atoms with van der Waals surface area (Å²) in [7, 11) is 0. The fourth-order valence-corrected chi connectivity index (χ4v) is 12.6.